The molecule has 1 aliphatic heterocycles. The predicted octanol–water partition coefficient (Wildman–Crippen LogP) is 10.5. The first-order chi connectivity index (χ1) is 22.3. The number of rotatable bonds is 2. The van der Waals surface area contributed by atoms with Crippen LogP contribution in [0.1, 0.15) is 42.0 Å². The van der Waals surface area contributed by atoms with Crippen LogP contribution in [0.25, 0.3) is 50.2 Å². The van der Waals surface area contributed by atoms with Crippen molar-refractivity contribution in [1.82, 2.24) is 9.13 Å². The van der Waals surface area contributed by atoms with Crippen LogP contribution in [0, 0.1) is 5.92 Å². The maximum absolute atomic E-state index is 6.88. The van der Waals surface area contributed by atoms with Crippen LogP contribution in [-0.4, -0.2) is 9.13 Å². The molecule has 0 spiro atoms. The second-order valence-electron chi connectivity index (χ2n) is 12.6. The maximum atomic E-state index is 6.88. The van der Waals surface area contributed by atoms with E-state index in [2.05, 4.69) is 143 Å². The van der Waals surface area contributed by atoms with Gasteiger partial charge >= 0.3 is 0 Å². The van der Waals surface area contributed by atoms with Gasteiger partial charge in [-0.1, -0.05) is 85.0 Å². The van der Waals surface area contributed by atoms with E-state index >= 15 is 0 Å². The number of allylic oxidation sites excluding steroid dienone is 9. The lowest BCUT2D eigenvalue weighted by Crippen LogP contribution is -2.14. The fourth-order valence-electron chi connectivity index (χ4n) is 8.35. The topological polar surface area (TPSA) is 19.1 Å². The molecule has 0 saturated heterocycles. The number of hydrogen-bond donors (Lipinski definition) is 0. The van der Waals surface area contributed by atoms with Gasteiger partial charge in [0, 0.05) is 62.6 Å². The highest BCUT2D eigenvalue weighted by Crippen LogP contribution is 2.50. The van der Waals surface area contributed by atoms with Crippen molar-refractivity contribution in [2.45, 2.75) is 31.6 Å². The predicted molar refractivity (Wildman–Crippen MR) is 186 cm³/mol. The van der Waals surface area contributed by atoms with Crippen LogP contribution in [-0.2, 0) is 6.42 Å². The average Bonchev–Trinajstić information content (AvgIpc) is 3.56. The molecule has 4 aliphatic rings. The van der Waals surface area contributed by atoms with E-state index in [0.29, 0.717) is 0 Å². The summed E-state index contributed by atoms with van der Waals surface area (Å²) in [7, 11) is 0. The van der Waals surface area contributed by atoms with Crippen molar-refractivity contribution in [3.63, 3.8) is 0 Å². The monoisotopic (exact) mass is 580 g/mol. The van der Waals surface area contributed by atoms with Crippen LogP contribution in [0.15, 0.2) is 139 Å². The number of hydrogen-bond acceptors (Lipinski definition) is 1. The van der Waals surface area contributed by atoms with E-state index in [1.165, 1.54) is 66.5 Å². The summed E-state index contributed by atoms with van der Waals surface area (Å²) in [5.41, 5.74) is 11.5. The Balaban J connectivity index is 1.28. The minimum Gasteiger partial charge on any atom is -0.461 e. The van der Waals surface area contributed by atoms with E-state index in [9.17, 15) is 0 Å². The standard InChI is InChI=1S/C42H32N2O/c1-2-12-27(13-3-1)43-36-19-9-7-16-31(36)35-26-28(22-24-38(35)43)44-37-20-10-6-15-30(37)34-23-25-40-41(42(34)44)33-18-5-4-14-29(33)32-17-8-11-21-39(32)45-40/h1-8,10,12-18,20,22-26,29,33H,9,11,19,21H2. The van der Waals surface area contributed by atoms with E-state index in [1.807, 2.05) is 0 Å². The molecule has 3 aliphatic carbocycles. The zero-order chi connectivity index (χ0) is 29.5. The molecule has 2 atom stereocenters. The highest BCUT2D eigenvalue weighted by atomic mass is 16.5. The van der Waals surface area contributed by atoms with Gasteiger partial charge in [-0.05, 0) is 73.4 Å². The molecule has 4 aromatic carbocycles. The van der Waals surface area contributed by atoms with E-state index in [1.54, 1.807) is 0 Å². The Labute approximate surface area is 262 Å². The molecule has 0 saturated carbocycles. The number of aromatic nitrogens is 2. The first-order valence-corrected chi connectivity index (χ1v) is 16.2. The highest BCUT2D eigenvalue weighted by Gasteiger charge is 2.35. The zero-order valence-electron chi connectivity index (χ0n) is 25.0. The molecule has 0 amide bonds. The third kappa shape index (κ3) is 3.58. The third-order valence-electron chi connectivity index (χ3n) is 10.3. The summed E-state index contributed by atoms with van der Waals surface area (Å²) in [6, 6.07) is 31.3. The van der Waals surface area contributed by atoms with Crippen LogP contribution in [0.4, 0.5) is 0 Å². The smallest absolute Gasteiger partial charge is 0.132 e. The molecular formula is C42H32N2O. The lowest BCUT2D eigenvalue weighted by molar-refractivity contribution is 0.397. The van der Waals surface area contributed by atoms with Gasteiger partial charge in [-0.15, -0.1) is 0 Å². The Hall–Kier alpha value is -5.28. The molecule has 0 bridgehead atoms. The van der Waals surface area contributed by atoms with Gasteiger partial charge in [0.2, 0.25) is 0 Å². The second kappa shape index (κ2) is 9.61. The van der Waals surface area contributed by atoms with Crippen LogP contribution >= 0.6 is 0 Å². The Morgan fingerprint density at radius 3 is 2.36 bits per heavy atom. The summed E-state index contributed by atoms with van der Waals surface area (Å²) in [6.07, 6.45) is 22.5. The first kappa shape index (κ1) is 25.1. The molecule has 2 aromatic heterocycles. The molecule has 3 heteroatoms. The third-order valence-corrected chi connectivity index (χ3v) is 10.3. The average molecular weight is 581 g/mol. The molecule has 0 fully saturated rings. The highest BCUT2D eigenvalue weighted by molar-refractivity contribution is 6.11. The summed E-state index contributed by atoms with van der Waals surface area (Å²) in [4.78, 5) is 0. The molecule has 6 aromatic rings. The van der Waals surface area contributed by atoms with E-state index < -0.39 is 0 Å². The fraction of sp³-hybridized carbons (Fsp3) is 0.143. The number of ether oxygens (including phenoxy) is 1. The van der Waals surface area contributed by atoms with Gasteiger partial charge < -0.3 is 13.9 Å². The summed E-state index contributed by atoms with van der Waals surface area (Å²) in [5, 5.41) is 3.84. The van der Waals surface area contributed by atoms with Gasteiger partial charge in [0.25, 0.3) is 0 Å². The number of fused-ring (bicyclic) bond motifs is 11. The Bertz CT molecular complexity index is 2350. The van der Waals surface area contributed by atoms with E-state index in [0.717, 1.165) is 37.2 Å². The largest absolute Gasteiger partial charge is 0.461 e. The van der Waals surface area contributed by atoms with Gasteiger partial charge in [-0.25, -0.2) is 0 Å². The van der Waals surface area contributed by atoms with E-state index in [4.69, 9.17) is 4.74 Å². The maximum Gasteiger partial charge on any atom is 0.132 e. The van der Waals surface area contributed by atoms with Crippen molar-refractivity contribution in [2.24, 2.45) is 5.92 Å². The summed E-state index contributed by atoms with van der Waals surface area (Å²) in [5.74, 6) is 2.54. The van der Waals surface area contributed by atoms with Gasteiger partial charge in [-0.2, -0.15) is 0 Å². The Morgan fingerprint density at radius 2 is 1.42 bits per heavy atom. The van der Waals surface area contributed by atoms with Crippen molar-refractivity contribution in [3.8, 4) is 17.1 Å². The number of nitrogens with zero attached hydrogens (tertiary/aromatic N) is 2. The summed E-state index contributed by atoms with van der Waals surface area (Å²) >= 11 is 0. The van der Waals surface area contributed by atoms with Gasteiger partial charge in [0.15, 0.2) is 0 Å². The van der Waals surface area contributed by atoms with Crippen LogP contribution in [0.5, 0.6) is 5.75 Å². The van der Waals surface area contributed by atoms with Gasteiger partial charge in [0.1, 0.15) is 11.5 Å². The second-order valence-corrected chi connectivity index (χ2v) is 12.6. The zero-order valence-corrected chi connectivity index (χ0v) is 25.0. The van der Waals surface area contributed by atoms with E-state index in [-0.39, 0.29) is 11.8 Å². The molecule has 3 nitrogen and oxygen atoms in total. The van der Waals surface area contributed by atoms with Gasteiger partial charge in [-0.3, -0.25) is 0 Å². The Morgan fingerprint density at radius 1 is 0.622 bits per heavy atom. The fourth-order valence-corrected chi connectivity index (χ4v) is 8.35. The minimum absolute atomic E-state index is 0.186. The van der Waals surface area contributed by atoms with Crippen molar-refractivity contribution < 1.29 is 4.74 Å². The van der Waals surface area contributed by atoms with Crippen LogP contribution in [0.2, 0.25) is 0 Å². The number of para-hydroxylation sites is 2. The summed E-state index contributed by atoms with van der Waals surface area (Å²) in [6.45, 7) is 0. The van der Waals surface area contributed by atoms with Crippen LogP contribution < -0.4 is 4.74 Å². The SMILES string of the molecule is C1=CC2C3=C(CCC=C3)Oc3ccc4c5ccccc5n(-c5ccc6c(c5)c5c(n6-c6ccccc6)CCC=C5)c4c3C2C=C1. The molecule has 10 rings (SSSR count). The number of benzene rings is 4. The molecule has 0 radical (unpaired) electrons. The normalized spacial score (nSPS) is 19.8. The van der Waals surface area contributed by atoms with Gasteiger partial charge in [0.05, 0.1) is 16.6 Å². The Kier molecular flexibility index (Phi) is 5.36. The van der Waals surface area contributed by atoms with Crippen molar-refractivity contribution in [1.29, 1.82) is 0 Å². The minimum atomic E-state index is 0.186. The molecule has 0 N–H and O–H groups in total. The van der Waals surface area contributed by atoms with Crippen LogP contribution in [0.3, 0.4) is 0 Å². The lowest BCUT2D eigenvalue weighted by atomic mass is 9.77. The lowest BCUT2D eigenvalue weighted by Gasteiger charge is -2.26. The first-order valence-electron chi connectivity index (χ1n) is 16.2. The molecular weight excluding hydrogens is 548 g/mol. The van der Waals surface area contributed by atoms with Crippen molar-refractivity contribution in [2.75, 3.05) is 0 Å². The van der Waals surface area contributed by atoms with Crippen molar-refractivity contribution in [3.05, 3.63) is 156 Å². The quantitative estimate of drug-likeness (QED) is 0.199. The molecule has 3 heterocycles. The summed E-state index contributed by atoms with van der Waals surface area (Å²) < 4.78 is 11.9. The molecule has 2 unspecified atom stereocenters. The molecule has 45 heavy (non-hydrogen) atoms. The molecule has 216 valence electrons. The van der Waals surface area contributed by atoms with Crippen molar-refractivity contribution >= 4 is 38.8 Å².